The molecule has 0 aliphatic rings. The van der Waals surface area contributed by atoms with E-state index in [1.54, 1.807) is 30.0 Å². The number of methoxy groups -OCH3 is 1. The first-order chi connectivity index (χ1) is 17.2. The highest BCUT2D eigenvalue weighted by atomic mass is 79.9. The number of nitrogens with one attached hydrogen (secondary N) is 1. The van der Waals surface area contributed by atoms with Crippen LogP contribution < -0.4 is 14.4 Å². The van der Waals surface area contributed by atoms with E-state index in [1.807, 2.05) is 43.3 Å². The highest BCUT2D eigenvalue weighted by Gasteiger charge is 2.28. The van der Waals surface area contributed by atoms with Gasteiger partial charge in [-0.1, -0.05) is 41.4 Å². The predicted octanol–water partition coefficient (Wildman–Crippen LogP) is 6.05. The number of sulfonamides is 1. The van der Waals surface area contributed by atoms with Crippen LogP contribution in [0.15, 0.2) is 76.1 Å². The number of amides is 1. The van der Waals surface area contributed by atoms with Crippen LogP contribution in [0.1, 0.15) is 17.5 Å². The van der Waals surface area contributed by atoms with Crippen LogP contribution in [0.25, 0.3) is 0 Å². The second-order valence-electron chi connectivity index (χ2n) is 8.03. The van der Waals surface area contributed by atoms with Gasteiger partial charge in [0.2, 0.25) is 5.91 Å². The third-order valence-electron chi connectivity index (χ3n) is 5.27. The van der Waals surface area contributed by atoms with E-state index in [2.05, 4.69) is 21.2 Å². The molecule has 3 rings (SSSR count). The van der Waals surface area contributed by atoms with Gasteiger partial charge in [-0.2, -0.15) is 11.8 Å². The molecule has 10 heteroatoms. The molecule has 1 N–H and O–H groups in total. The summed E-state index contributed by atoms with van der Waals surface area (Å²) in [6.07, 6.45) is 0.764. The minimum absolute atomic E-state index is 0.0564. The molecule has 3 aromatic rings. The van der Waals surface area contributed by atoms with E-state index in [0.29, 0.717) is 22.5 Å². The normalized spacial score (nSPS) is 11.2. The van der Waals surface area contributed by atoms with Crippen LogP contribution in [-0.4, -0.2) is 40.3 Å². The molecule has 0 heterocycles. The van der Waals surface area contributed by atoms with Crippen LogP contribution in [0.2, 0.25) is 5.02 Å². The zero-order chi connectivity index (χ0) is 26.1. The number of halogens is 2. The van der Waals surface area contributed by atoms with Gasteiger partial charge in [-0.15, -0.1) is 0 Å². The van der Waals surface area contributed by atoms with Crippen molar-refractivity contribution >= 4 is 60.9 Å². The van der Waals surface area contributed by atoms with Crippen LogP contribution in [0.4, 0.5) is 5.69 Å². The molecular formula is C26H28BrClN2O4S2. The minimum atomic E-state index is -4.01. The Morgan fingerprint density at radius 3 is 2.53 bits per heavy atom. The molecule has 0 radical (unpaired) electrons. The fraction of sp³-hybridized carbons (Fsp3) is 0.269. The average Bonchev–Trinajstić information content (AvgIpc) is 2.85. The number of hydrogen-bond acceptors (Lipinski definition) is 5. The second-order valence-corrected chi connectivity index (χ2v) is 12.3. The second kappa shape index (κ2) is 13.4. The van der Waals surface area contributed by atoms with Gasteiger partial charge in [0.15, 0.2) is 0 Å². The number of nitrogens with zero attached hydrogens (tertiary/aromatic N) is 1. The number of aryl methyl sites for hydroxylation is 1. The summed E-state index contributed by atoms with van der Waals surface area (Å²) >= 11 is 11.1. The van der Waals surface area contributed by atoms with Crippen molar-refractivity contribution < 1.29 is 17.9 Å². The number of ether oxygens (including phenoxy) is 1. The molecule has 0 aliphatic heterocycles. The van der Waals surface area contributed by atoms with Crippen LogP contribution in [0.5, 0.6) is 5.75 Å². The van der Waals surface area contributed by atoms with Crippen molar-refractivity contribution in [3.8, 4) is 5.75 Å². The van der Waals surface area contributed by atoms with E-state index < -0.39 is 10.0 Å². The number of benzene rings is 3. The highest BCUT2D eigenvalue weighted by molar-refractivity contribution is 9.10. The molecule has 0 spiro atoms. The summed E-state index contributed by atoms with van der Waals surface area (Å²) in [5.41, 5.74) is 2.56. The van der Waals surface area contributed by atoms with Gasteiger partial charge in [0.25, 0.3) is 10.0 Å². The molecule has 1 amide bonds. The Balaban J connectivity index is 1.63. The number of carbonyl (C=O) groups excluding carboxylic acids is 1. The summed E-state index contributed by atoms with van der Waals surface area (Å²) in [5, 5.41) is 3.56. The summed E-state index contributed by atoms with van der Waals surface area (Å²) in [7, 11) is -2.50. The van der Waals surface area contributed by atoms with Gasteiger partial charge in [-0.3, -0.25) is 9.10 Å². The van der Waals surface area contributed by atoms with E-state index >= 15 is 0 Å². The third kappa shape index (κ3) is 7.90. The zero-order valence-electron chi connectivity index (χ0n) is 20.0. The van der Waals surface area contributed by atoms with Crippen LogP contribution >= 0.6 is 39.3 Å². The Morgan fingerprint density at radius 1 is 1.11 bits per heavy atom. The Hall–Kier alpha value is -2.20. The van der Waals surface area contributed by atoms with E-state index in [-0.39, 0.29) is 17.3 Å². The Kier molecular flexibility index (Phi) is 10.5. The van der Waals surface area contributed by atoms with Crippen LogP contribution in [0, 0.1) is 6.92 Å². The summed E-state index contributed by atoms with van der Waals surface area (Å²) in [6.45, 7) is 2.04. The van der Waals surface area contributed by atoms with Crippen molar-refractivity contribution in [3.63, 3.8) is 0 Å². The molecule has 0 atom stereocenters. The number of rotatable bonds is 12. The SMILES string of the molecule is COc1ccc(S(=O)(=O)N(CC(=O)NCCCSCc2cccc(Cl)c2)c2ccc(C)cc2)cc1Br. The molecule has 3 aromatic carbocycles. The fourth-order valence-corrected chi connectivity index (χ4v) is 6.63. The topological polar surface area (TPSA) is 75.7 Å². The zero-order valence-corrected chi connectivity index (χ0v) is 24.0. The summed E-state index contributed by atoms with van der Waals surface area (Å²) in [4.78, 5) is 12.8. The molecule has 0 saturated carbocycles. The van der Waals surface area contributed by atoms with E-state index in [1.165, 1.54) is 19.2 Å². The lowest BCUT2D eigenvalue weighted by molar-refractivity contribution is -0.119. The molecule has 0 saturated heterocycles. The molecule has 6 nitrogen and oxygen atoms in total. The lowest BCUT2D eigenvalue weighted by Crippen LogP contribution is -2.41. The molecule has 0 fully saturated rings. The van der Waals surface area contributed by atoms with Crippen molar-refractivity contribution in [3.05, 3.63) is 87.4 Å². The Labute approximate surface area is 230 Å². The molecule has 0 unspecified atom stereocenters. The predicted molar refractivity (Wildman–Crippen MR) is 152 cm³/mol. The molecular weight excluding hydrogens is 584 g/mol. The van der Waals surface area contributed by atoms with Crippen LogP contribution in [-0.2, 0) is 20.6 Å². The number of carbonyl (C=O) groups is 1. The average molecular weight is 612 g/mol. The number of hydrogen-bond donors (Lipinski definition) is 1. The summed E-state index contributed by atoms with van der Waals surface area (Å²) < 4.78 is 33.9. The Bertz CT molecular complexity index is 1290. The monoisotopic (exact) mass is 610 g/mol. The summed E-state index contributed by atoms with van der Waals surface area (Å²) in [6, 6.07) is 19.3. The minimum Gasteiger partial charge on any atom is -0.496 e. The van der Waals surface area contributed by atoms with E-state index in [4.69, 9.17) is 16.3 Å². The number of anilines is 1. The van der Waals surface area contributed by atoms with Crippen molar-refractivity contribution in [2.24, 2.45) is 0 Å². The standard InChI is InChI=1S/C26H28BrClN2O4S2/c1-19-7-9-22(10-8-19)30(36(32,33)23-11-12-25(34-2)24(27)16-23)17-26(31)29-13-4-14-35-18-20-5-3-6-21(28)15-20/h3,5-12,15-16H,4,13-14,17-18H2,1-2H3,(H,29,31). The van der Waals surface area contributed by atoms with Crippen molar-refractivity contribution in [1.29, 1.82) is 0 Å². The first-order valence-corrected chi connectivity index (χ1v) is 15.0. The molecule has 0 aromatic heterocycles. The van der Waals surface area contributed by atoms with E-state index in [9.17, 15) is 13.2 Å². The highest BCUT2D eigenvalue weighted by Crippen LogP contribution is 2.30. The third-order valence-corrected chi connectivity index (χ3v) is 9.01. The van der Waals surface area contributed by atoms with Gasteiger partial charge in [0.05, 0.1) is 22.2 Å². The quantitative estimate of drug-likeness (QED) is 0.252. The number of thioether (sulfide) groups is 1. The van der Waals surface area contributed by atoms with Gasteiger partial charge in [0, 0.05) is 17.3 Å². The fourth-order valence-electron chi connectivity index (χ4n) is 3.37. The van der Waals surface area contributed by atoms with Crippen molar-refractivity contribution in [2.75, 3.05) is 30.3 Å². The maximum atomic E-state index is 13.6. The van der Waals surface area contributed by atoms with Gasteiger partial charge in [0.1, 0.15) is 12.3 Å². The van der Waals surface area contributed by atoms with Gasteiger partial charge in [-0.05, 0) is 83.1 Å². The first kappa shape index (κ1) is 28.4. The molecule has 0 aliphatic carbocycles. The molecule has 36 heavy (non-hydrogen) atoms. The maximum Gasteiger partial charge on any atom is 0.264 e. The van der Waals surface area contributed by atoms with Gasteiger partial charge in [-0.25, -0.2) is 8.42 Å². The van der Waals surface area contributed by atoms with Gasteiger partial charge < -0.3 is 10.1 Å². The Morgan fingerprint density at radius 2 is 1.86 bits per heavy atom. The lowest BCUT2D eigenvalue weighted by Gasteiger charge is -2.24. The molecule has 0 bridgehead atoms. The van der Waals surface area contributed by atoms with Crippen molar-refractivity contribution in [1.82, 2.24) is 5.32 Å². The van der Waals surface area contributed by atoms with E-state index in [0.717, 1.165) is 38.4 Å². The smallest absolute Gasteiger partial charge is 0.264 e. The lowest BCUT2D eigenvalue weighted by atomic mass is 10.2. The first-order valence-electron chi connectivity index (χ1n) is 11.2. The summed E-state index contributed by atoms with van der Waals surface area (Å²) in [5.74, 6) is 1.84. The van der Waals surface area contributed by atoms with Crippen molar-refractivity contribution in [2.45, 2.75) is 24.0 Å². The maximum absolute atomic E-state index is 13.6. The van der Waals surface area contributed by atoms with Gasteiger partial charge >= 0.3 is 0 Å². The molecule has 192 valence electrons. The van der Waals surface area contributed by atoms with Crippen LogP contribution in [0.3, 0.4) is 0 Å². The largest absolute Gasteiger partial charge is 0.496 e.